The van der Waals surface area contributed by atoms with Crippen LogP contribution < -0.4 is 5.32 Å². The standard InChI is InChI=1S/C14H17FN2S/c1-3-6-17-14(13-8-16-9-18-13)12-7-11(15)5-4-10(12)2/h4-5,7-9,14,17H,3,6H2,1-2H3. The molecule has 2 aromatic rings. The minimum absolute atomic E-state index is 0.0353. The zero-order valence-corrected chi connectivity index (χ0v) is 11.4. The number of benzene rings is 1. The lowest BCUT2D eigenvalue weighted by molar-refractivity contribution is 0.588. The molecular weight excluding hydrogens is 247 g/mol. The summed E-state index contributed by atoms with van der Waals surface area (Å²) in [5.41, 5.74) is 3.90. The summed E-state index contributed by atoms with van der Waals surface area (Å²) in [4.78, 5) is 5.24. The highest BCUT2D eigenvalue weighted by molar-refractivity contribution is 7.09. The van der Waals surface area contributed by atoms with Crippen molar-refractivity contribution in [2.24, 2.45) is 0 Å². The molecule has 2 rings (SSSR count). The molecule has 0 aliphatic rings. The number of halogens is 1. The molecule has 0 spiro atoms. The Labute approximate surface area is 111 Å². The SMILES string of the molecule is CCCNC(c1cncs1)c1cc(F)ccc1C. The van der Waals surface area contributed by atoms with Crippen LogP contribution in [0.1, 0.15) is 35.4 Å². The van der Waals surface area contributed by atoms with Gasteiger partial charge in [-0.05, 0) is 43.1 Å². The number of thiazole rings is 1. The Morgan fingerprint density at radius 1 is 1.44 bits per heavy atom. The maximum atomic E-state index is 13.4. The first-order chi connectivity index (χ1) is 8.72. The number of hydrogen-bond acceptors (Lipinski definition) is 3. The van der Waals surface area contributed by atoms with Gasteiger partial charge in [0, 0.05) is 11.1 Å². The van der Waals surface area contributed by atoms with Crippen molar-refractivity contribution >= 4 is 11.3 Å². The topological polar surface area (TPSA) is 24.9 Å². The van der Waals surface area contributed by atoms with E-state index in [-0.39, 0.29) is 11.9 Å². The molecule has 4 heteroatoms. The van der Waals surface area contributed by atoms with Gasteiger partial charge in [-0.15, -0.1) is 11.3 Å². The average molecular weight is 264 g/mol. The molecule has 0 aliphatic heterocycles. The van der Waals surface area contributed by atoms with Gasteiger partial charge in [0.1, 0.15) is 5.82 Å². The van der Waals surface area contributed by atoms with E-state index in [4.69, 9.17) is 0 Å². The van der Waals surface area contributed by atoms with Gasteiger partial charge in [0.25, 0.3) is 0 Å². The Morgan fingerprint density at radius 3 is 2.94 bits per heavy atom. The third kappa shape index (κ3) is 2.94. The second kappa shape index (κ2) is 6.07. The second-order valence-corrected chi connectivity index (χ2v) is 5.21. The number of nitrogens with one attached hydrogen (secondary N) is 1. The second-order valence-electron chi connectivity index (χ2n) is 4.29. The summed E-state index contributed by atoms with van der Waals surface area (Å²) in [6.45, 7) is 5.03. The molecule has 0 radical (unpaired) electrons. The van der Waals surface area contributed by atoms with E-state index in [1.807, 2.05) is 24.7 Å². The zero-order valence-electron chi connectivity index (χ0n) is 10.6. The van der Waals surface area contributed by atoms with E-state index in [9.17, 15) is 4.39 Å². The molecule has 1 heterocycles. The van der Waals surface area contributed by atoms with Crippen LogP contribution in [-0.4, -0.2) is 11.5 Å². The van der Waals surface area contributed by atoms with Crippen LogP contribution in [0, 0.1) is 12.7 Å². The van der Waals surface area contributed by atoms with E-state index in [0.29, 0.717) is 0 Å². The van der Waals surface area contributed by atoms with Gasteiger partial charge in [0.2, 0.25) is 0 Å². The van der Waals surface area contributed by atoms with E-state index >= 15 is 0 Å². The molecule has 1 N–H and O–H groups in total. The predicted octanol–water partition coefficient (Wildman–Crippen LogP) is 3.68. The quantitative estimate of drug-likeness (QED) is 0.891. The van der Waals surface area contributed by atoms with Crippen molar-refractivity contribution in [2.45, 2.75) is 26.3 Å². The maximum Gasteiger partial charge on any atom is 0.123 e. The first-order valence-corrected chi connectivity index (χ1v) is 6.98. The molecule has 0 fully saturated rings. The number of nitrogens with zero attached hydrogens (tertiary/aromatic N) is 1. The van der Waals surface area contributed by atoms with Crippen molar-refractivity contribution in [3.05, 3.63) is 51.7 Å². The fraction of sp³-hybridized carbons (Fsp3) is 0.357. The lowest BCUT2D eigenvalue weighted by Gasteiger charge is -2.19. The Kier molecular flexibility index (Phi) is 4.44. The number of rotatable bonds is 5. The number of aromatic nitrogens is 1. The minimum atomic E-state index is -0.191. The molecule has 1 aromatic heterocycles. The molecule has 2 nitrogen and oxygen atoms in total. The predicted molar refractivity (Wildman–Crippen MR) is 73.4 cm³/mol. The molecule has 0 saturated carbocycles. The first-order valence-electron chi connectivity index (χ1n) is 6.10. The van der Waals surface area contributed by atoms with Crippen LogP contribution in [0.2, 0.25) is 0 Å². The summed E-state index contributed by atoms with van der Waals surface area (Å²) in [5, 5.41) is 3.46. The largest absolute Gasteiger partial charge is 0.306 e. The zero-order chi connectivity index (χ0) is 13.0. The van der Waals surface area contributed by atoms with Gasteiger partial charge in [-0.1, -0.05) is 13.0 Å². The Balaban J connectivity index is 2.36. The van der Waals surface area contributed by atoms with E-state index < -0.39 is 0 Å². The summed E-state index contributed by atoms with van der Waals surface area (Å²) in [6, 6.07) is 4.98. The van der Waals surface area contributed by atoms with Crippen molar-refractivity contribution in [3.8, 4) is 0 Å². The van der Waals surface area contributed by atoms with Crippen molar-refractivity contribution in [2.75, 3.05) is 6.54 Å². The van der Waals surface area contributed by atoms with Crippen LogP contribution >= 0.6 is 11.3 Å². The molecule has 1 unspecified atom stereocenters. The summed E-state index contributed by atoms with van der Waals surface area (Å²) < 4.78 is 13.4. The fourth-order valence-electron chi connectivity index (χ4n) is 1.94. The third-order valence-corrected chi connectivity index (χ3v) is 3.73. The van der Waals surface area contributed by atoms with E-state index in [1.165, 1.54) is 6.07 Å². The van der Waals surface area contributed by atoms with Crippen molar-refractivity contribution in [1.29, 1.82) is 0 Å². The van der Waals surface area contributed by atoms with Gasteiger partial charge in [-0.2, -0.15) is 0 Å². The monoisotopic (exact) mass is 264 g/mol. The van der Waals surface area contributed by atoms with Crippen LogP contribution in [0.15, 0.2) is 29.9 Å². The Bertz CT molecular complexity index is 497. The van der Waals surface area contributed by atoms with Gasteiger partial charge < -0.3 is 5.32 Å². The van der Waals surface area contributed by atoms with E-state index in [1.54, 1.807) is 17.4 Å². The van der Waals surface area contributed by atoms with E-state index in [2.05, 4.69) is 17.2 Å². The summed E-state index contributed by atoms with van der Waals surface area (Å²) in [7, 11) is 0. The molecule has 0 saturated heterocycles. The smallest absolute Gasteiger partial charge is 0.123 e. The molecule has 18 heavy (non-hydrogen) atoms. The Morgan fingerprint density at radius 2 is 2.28 bits per heavy atom. The lowest BCUT2D eigenvalue weighted by Crippen LogP contribution is -2.23. The minimum Gasteiger partial charge on any atom is -0.306 e. The normalized spacial score (nSPS) is 12.6. The van der Waals surface area contributed by atoms with Crippen molar-refractivity contribution in [3.63, 3.8) is 0 Å². The van der Waals surface area contributed by atoms with Crippen LogP contribution in [0.5, 0.6) is 0 Å². The van der Waals surface area contributed by atoms with Gasteiger partial charge in [-0.3, -0.25) is 4.98 Å². The first kappa shape index (κ1) is 13.2. The van der Waals surface area contributed by atoms with Crippen molar-refractivity contribution in [1.82, 2.24) is 10.3 Å². The molecule has 0 aliphatic carbocycles. The molecule has 0 amide bonds. The maximum absolute atomic E-state index is 13.4. The van der Waals surface area contributed by atoms with Gasteiger partial charge in [-0.25, -0.2) is 4.39 Å². The van der Waals surface area contributed by atoms with Gasteiger partial charge in [0.15, 0.2) is 0 Å². The summed E-state index contributed by atoms with van der Waals surface area (Å²) >= 11 is 1.59. The Hall–Kier alpha value is -1.26. The van der Waals surface area contributed by atoms with Gasteiger partial charge in [0.05, 0.1) is 11.6 Å². The molecule has 0 bridgehead atoms. The summed E-state index contributed by atoms with van der Waals surface area (Å²) in [5.74, 6) is -0.191. The van der Waals surface area contributed by atoms with Gasteiger partial charge >= 0.3 is 0 Å². The van der Waals surface area contributed by atoms with Crippen LogP contribution in [-0.2, 0) is 0 Å². The molecule has 96 valence electrons. The number of aryl methyl sites for hydroxylation is 1. The lowest BCUT2D eigenvalue weighted by atomic mass is 10.00. The highest BCUT2D eigenvalue weighted by atomic mass is 32.1. The molecule has 1 aromatic carbocycles. The number of hydrogen-bond donors (Lipinski definition) is 1. The van der Waals surface area contributed by atoms with Crippen LogP contribution in [0.25, 0.3) is 0 Å². The van der Waals surface area contributed by atoms with Crippen molar-refractivity contribution < 1.29 is 4.39 Å². The van der Waals surface area contributed by atoms with Crippen LogP contribution in [0.3, 0.4) is 0 Å². The molecule has 1 atom stereocenters. The highest BCUT2D eigenvalue weighted by Gasteiger charge is 2.17. The molecular formula is C14H17FN2S. The highest BCUT2D eigenvalue weighted by Crippen LogP contribution is 2.27. The average Bonchev–Trinajstić information content (AvgIpc) is 2.88. The summed E-state index contributed by atoms with van der Waals surface area (Å²) in [6.07, 6.45) is 2.89. The third-order valence-electron chi connectivity index (χ3n) is 2.89. The van der Waals surface area contributed by atoms with Crippen LogP contribution in [0.4, 0.5) is 4.39 Å². The fourth-order valence-corrected chi connectivity index (χ4v) is 2.65. The van der Waals surface area contributed by atoms with E-state index in [0.717, 1.165) is 29.0 Å².